The van der Waals surface area contributed by atoms with Gasteiger partial charge in [-0.25, -0.2) is 4.79 Å². The molecule has 19 heavy (non-hydrogen) atoms. The molecule has 6 heteroatoms. The molecule has 0 aliphatic rings. The molecule has 1 rings (SSSR count). The Morgan fingerprint density at radius 2 is 1.89 bits per heavy atom. The molecule has 0 aliphatic heterocycles. The molecule has 0 spiro atoms. The summed E-state index contributed by atoms with van der Waals surface area (Å²) in [6.45, 7) is 4.50. The van der Waals surface area contributed by atoms with Crippen LogP contribution in [0.15, 0.2) is 34.5 Å². The first kappa shape index (κ1) is 15.3. The van der Waals surface area contributed by atoms with Crippen LogP contribution in [0, 0.1) is 0 Å². The van der Waals surface area contributed by atoms with Crippen molar-refractivity contribution in [1.82, 2.24) is 0 Å². The average Bonchev–Trinajstić information content (AvgIpc) is 2.37. The normalized spacial score (nSPS) is 14.1. The third-order valence-electron chi connectivity index (χ3n) is 2.55. The van der Waals surface area contributed by atoms with Gasteiger partial charge < -0.3 is 4.74 Å². The first-order valence-corrected chi connectivity index (χ1v) is 6.14. The number of halogens is 1. The molecule has 0 fully saturated rings. The maximum atomic E-state index is 11.8. The van der Waals surface area contributed by atoms with Crippen molar-refractivity contribution in [3.05, 3.63) is 29.3 Å². The van der Waals surface area contributed by atoms with Crippen LogP contribution < -0.4 is 0 Å². The van der Waals surface area contributed by atoms with Crippen molar-refractivity contribution in [2.24, 2.45) is 10.2 Å². The highest BCUT2D eigenvalue weighted by Crippen LogP contribution is 2.21. The van der Waals surface area contributed by atoms with E-state index < -0.39 is 17.3 Å². The van der Waals surface area contributed by atoms with Gasteiger partial charge in [0.25, 0.3) is 0 Å². The van der Waals surface area contributed by atoms with E-state index in [1.165, 1.54) is 13.8 Å². The van der Waals surface area contributed by atoms with E-state index in [1.807, 2.05) is 0 Å². The van der Waals surface area contributed by atoms with E-state index in [2.05, 4.69) is 10.2 Å². The van der Waals surface area contributed by atoms with E-state index in [9.17, 15) is 9.59 Å². The lowest BCUT2D eigenvalue weighted by atomic mass is 9.99. The predicted octanol–water partition coefficient (Wildman–Crippen LogP) is 3.33. The van der Waals surface area contributed by atoms with Crippen LogP contribution in [-0.4, -0.2) is 23.9 Å². The van der Waals surface area contributed by atoms with Gasteiger partial charge in [0.05, 0.1) is 12.3 Å². The summed E-state index contributed by atoms with van der Waals surface area (Å²) in [6.07, 6.45) is 0. The first-order valence-electron chi connectivity index (χ1n) is 5.77. The Kier molecular flexibility index (Phi) is 5.18. The van der Waals surface area contributed by atoms with E-state index in [1.54, 1.807) is 31.2 Å². The number of ether oxygens (including phenoxy) is 1. The summed E-state index contributed by atoms with van der Waals surface area (Å²) >= 11 is 5.74. The SMILES string of the molecule is CCOC(=O)C(C)(N=Nc1ccc(Cl)cc1)C(C)=O. The average molecular weight is 283 g/mol. The van der Waals surface area contributed by atoms with Crippen LogP contribution >= 0.6 is 11.6 Å². The zero-order valence-electron chi connectivity index (χ0n) is 11.0. The van der Waals surface area contributed by atoms with Crippen molar-refractivity contribution >= 4 is 29.0 Å². The molecule has 0 saturated carbocycles. The summed E-state index contributed by atoms with van der Waals surface area (Å²) < 4.78 is 4.84. The highest BCUT2D eigenvalue weighted by Gasteiger charge is 2.40. The molecule has 0 N–H and O–H groups in total. The molecule has 1 unspecified atom stereocenters. The smallest absolute Gasteiger partial charge is 0.343 e. The van der Waals surface area contributed by atoms with Gasteiger partial charge in [-0.3, -0.25) is 4.79 Å². The number of Topliss-reactive ketones (excluding diaryl/α,β-unsaturated/α-hetero) is 1. The summed E-state index contributed by atoms with van der Waals surface area (Å²) in [5.74, 6) is -1.14. The van der Waals surface area contributed by atoms with E-state index in [-0.39, 0.29) is 6.61 Å². The quantitative estimate of drug-likeness (QED) is 0.472. The first-order chi connectivity index (χ1) is 8.90. The van der Waals surface area contributed by atoms with Gasteiger partial charge in [-0.05, 0) is 45.0 Å². The fourth-order valence-electron chi connectivity index (χ4n) is 1.19. The molecule has 0 aliphatic carbocycles. The molecule has 102 valence electrons. The Labute approximate surface area is 116 Å². The van der Waals surface area contributed by atoms with Crippen molar-refractivity contribution in [3.8, 4) is 0 Å². The molecular weight excluding hydrogens is 268 g/mol. The molecule has 0 bridgehead atoms. The van der Waals surface area contributed by atoms with Crippen LogP contribution in [0.5, 0.6) is 0 Å². The number of esters is 1. The summed E-state index contributed by atoms with van der Waals surface area (Å²) in [6, 6.07) is 6.56. The number of hydrogen-bond donors (Lipinski definition) is 0. The molecule has 1 atom stereocenters. The lowest BCUT2D eigenvalue weighted by Gasteiger charge is -2.17. The fraction of sp³-hybridized carbons (Fsp3) is 0.385. The number of azo groups is 1. The topological polar surface area (TPSA) is 68.1 Å². The maximum Gasteiger partial charge on any atom is 0.343 e. The van der Waals surface area contributed by atoms with Crippen LogP contribution in [0.2, 0.25) is 5.02 Å². The molecule has 0 aromatic heterocycles. The number of carbonyl (C=O) groups is 2. The lowest BCUT2D eigenvalue weighted by Crippen LogP contribution is -2.41. The van der Waals surface area contributed by atoms with Gasteiger partial charge in [0.1, 0.15) is 0 Å². The van der Waals surface area contributed by atoms with Crippen LogP contribution in [0.25, 0.3) is 0 Å². The Morgan fingerprint density at radius 1 is 1.32 bits per heavy atom. The molecule has 0 amide bonds. The van der Waals surface area contributed by atoms with Gasteiger partial charge in [0, 0.05) is 5.02 Å². The largest absolute Gasteiger partial charge is 0.464 e. The third-order valence-corrected chi connectivity index (χ3v) is 2.80. The summed E-state index contributed by atoms with van der Waals surface area (Å²) in [4.78, 5) is 23.3. The van der Waals surface area contributed by atoms with Gasteiger partial charge in [0.15, 0.2) is 5.78 Å². The Bertz CT molecular complexity index is 499. The van der Waals surface area contributed by atoms with Crippen molar-refractivity contribution in [1.29, 1.82) is 0 Å². The second kappa shape index (κ2) is 6.43. The van der Waals surface area contributed by atoms with E-state index in [0.29, 0.717) is 10.7 Å². The zero-order valence-corrected chi connectivity index (χ0v) is 11.8. The number of nitrogens with zero attached hydrogens (tertiary/aromatic N) is 2. The maximum absolute atomic E-state index is 11.8. The highest BCUT2D eigenvalue weighted by molar-refractivity contribution is 6.30. The van der Waals surface area contributed by atoms with E-state index >= 15 is 0 Å². The molecule has 1 aromatic rings. The Hall–Kier alpha value is -1.75. The van der Waals surface area contributed by atoms with E-state index in [0.717, 1.165) is 0 Å². The second-order valence-electron chi connectivity index (χ2n) is 4.03. The highest BCUT2D eigenvalue weighted by atomic mass is 35.5. The molecule has 0 saturated heterocycles. The molecular formula is C13H15ClN2O3. The van der Waals surface area contributed by atoms with Crippen LogP contribution in [0.4, 0.5) is 5.69 Å². The number of rotatable bonds is 5. The van der Waals surface area contributed by atoms with Gasteiger partial charge in [0.2, 0.25) is 5.54 Å². The summed E-state index contributed by atoms with van der Waals surface area (Å²) in [7, 11) is 0. The Balaban J connectivity index is 2.98. The van der Waals surface area contributed by atoms with Crippen LogP contribution in [0.1, 0.15) is 20.8 Å². The van der Waals surface area contributed by atoms with Gasteiger partial charge in [-0.15, -0.1) is 0 Å². The molecule has 0 heterocycles. The van der Waals surface area contributed by atoms with Crippen molar-refractivity contribution in [2.75, 3.05) is 6.61 Å². The zero-order chi connectivity index (χ0) is 14.5. The number of carbonyl (C=O) groups excluding carboxylic acids is 2. The standard InChI is InChI=1S/C13H15ClN2O3/c1-4-19-12(18)13(3,9(2)17)16-15-11-7-5-10(14)6-8-11/h5-8H,4H2,1-3H3. The van der Waals surface area contributed by atoms with Gasteiger partial charge >= 0.3 is 5.97 Å². The number of benzene rings is 1. The fourth-order valence-corrected chi connectivity index (χ4v) is 1.32. The Morgan fingerprint density at radius 3 is 2.37 bits per heavy atom. The molecule has 0 radical (unpaired) electrons. The molecule has 1 aromatic carbocycles. The molecule has 5 nitrogen and oxygen atoms in total. The summed E-state index contributed by atoms with van der Waals surface area (Å²) in [5.41, 5.74) is -1.11. The predicted molar refractivity (Wildman–Crippen MR) is 71.7 cm³/mol. The van der Waals surface area contributed by atoms with E-state index in [4.69, 9.17) is 16.3 Å². The van der Waals surface area contributed by atoms with Gasteiger partial charge in [-0.1, -0.05) is 11.6 Å². The van der Waals surface area contributed by atoms with Crippen molar-refractivity contribution in [3.63, 3.8) is 0 Å². The van der Waals surface area contributed by atoms with Crippen LogP contribution in [-0.2, 0) is 14.3 Å². The summed E-state index contributed by atoms with van der Waals surface area (Å²) in [5, 5.41) is 8.29. The third kappa shape index (κ3) is 3.86. The second-order valence-corrected chi connectivity index (χ2v) is 4.46. The number of hydrogen-bond acceptors (Lipinski definition) is 5. The van der Waals surface area contributed by atoms with Crippen LogP contribution in [0.3, 0.4) is 0 Å². The van der Waals surface area contributed by atoms with Crippen molar-refractivity contribution < 1.29 is 14.3 Å². The minimum absolute atomic E-state index is 0.179. The van der Waals surface area contributed by atoms with Crippen molar-refractivity contribution in [2.45, 2.75) is 26.3 Å². The minimum atomic E-state index is -1.62. The number of ketones is 1. The minimum Gasteiger partial charge on any atom is -0.464 e. The van der Waals surface area contributed by atoms with Gasteiger partial charge in [-0.2, -0.15) is 10.2 Å². The monoisotopic (exact) mass is 282 g/mol. The lowest BCUT2D eigenvalue weighted by molar-refractivity contribution is -0.152.